The number of amides is 1. The van der Waals surface area contributed by atoms with Crippen LogP contribution in [0.1, 0.15) is 22.7 Å². The molecular formula is C20H24F3N3OS. The van der Waals surface area contributed by atoms with Crippen LogP contribution in [-0.2, 0) is 17.8 Å². The molecule has 0 aliphatic carbocycles. The summed E-state index contributed by atoms with van der Waals surface area (Å²) in [6, 6.07) is 9.36. The van der Waals surface area contributed by atoms with Crippen molar-refractivity contribution in [2.45, 2.75) is 32.5 Å². The van der Waals surface area contributed by atoms with E-state index in [1.165, 1.54) is 0 Å². The highest BCUT2D eigenvalue weighted by Crippen LogP contribution is 2.38. The Bertz CT molecular complexity index is 779. The number of alkyl halides is 3. The van der Waals surface area contributed by atoms with Crippen LogP contribution in [0.15, 0.2) is 35.7 Å². The largest absolute Gasteiger partial charge is 0.393 e. The number of benzene rings is 1. The quantitative estimate of drug-likeness (QED) is 0.705. The maximum Gasteiger partial charge on any atom is 0.393 e. The third-order valence-electron chi connectivity index (χ3n) is 4.93. The lowest BCUT2D eigenvalue weighted by Crippen LogP contribution is -2.40. The number of hydrogen-bond acceptors (Lipinski definition) is 4. The first-order valence-electron chi connectivity index (χ1n) is 9.34. The van der Waals surface area contributed by atoms with Crippen molar-refractivity contribution in [1.29, 1.82) is 0 Å². The molecule has 0 spiro atoms. The zero-order chi connectivity index (χ0) is 20.1. The third-order valence-corrected chi connectivity index (χ3v) is 5.96. The van der Waals surface area contributed by atoms with Crippen LogP contribution in [0, 0.1) is 18.8 Å². The van der Waals surface area contributed by atoms with E-state index in [0.29, 0.717) is 25.9 Å². The van der Waals surface area contributed by atoms with Crippen LogP contribution >= 0.6 is 11.3 Å². The molecular weight excluding hydrogens is 387 g/mol. The highest BCUT2D eigenvalue weighted by atomic mass is 32.1. The van der Waals surface area contributed by atoms with E-state index in [1.807, 2.05) is 42.6 Å². The molecule has 0 unspecified atom stereocenters. The van der Waals surface area contributed by atoms with Gasteiger partial charge >= 0.3 is 6.18 Å². The van der Waals surface area contributed by atoms with Gasteiger partial charge in [0.15, 0.2) is 0 Å². The van der Waals surface area contributed by atoms with Gasteiger partial charge in [0.05, 0.1) is 16.8 Å². The van der Waals surface area contributed by atoms with E-state index >= 15 is 0 Å². The lowest BCUT2D eigenvalue weighted by atomic mass is 9.94. The Hall–Kier alpha value is -1.93. The van der Waals surface area contributed by atoms with Gasteiger partial charge in [0, 0.05) is 43.7 Å². The van der Waals surface area contributed by atoms with Gasteiger partial charge in [-0.05, 0) is 18.9 Å². The molecule has 1 fully saturated rings. The van der Waals surface area contributed by atoms with E-state index < -0.39 is 23.9 Å². The van der Waals surface area contributed by atoms with Crippen molar-refractivity contribution in [3.63, 3.8) is 0 Å². The van der Waals surface area contributed by atoms with Crippen LogP contribution < -0.4 is 5.32 Å². The summed E-state index contributed by atoms with van der Waals surface area (Å²) in [6.07, 6.45) is -3.01. The Kier molecular flexibility index (Phi) is 6.72. The number of aryl methyl sites for hydroxylation is 2. The summed E-state index contributed by atoms with van der Waals surface area (Å²) in [4.78, 5) is 18.5. The first-order chi connectivity index (χ1) is 13.3. The first-order valence-corrected chi connectivity index (χ1v) is 10.2. The number of carbonyl (C=O) groups is 1. The Morgan fingerprint density at radius 1 is 1.29 bits per heavy atom. The number of likely N-dealkylation sites (tertiary alicyclic amines) is 1. The van der Waals surface area contributed by atoms with Gasteiger partial charge in [-0.25, -0.2) is 4.98 Å². The normalized spacial score (nSPS) is 20.4. The molecule has 1 N–H and O–H groups in total. The number of nitrogens with zero attached hydrogens (tertiary/aromatic N) is 2. The predicted octanol–water partition coefficient (Wildman–Crippen LogP) is 3.81. The molecule has 1 amide bonds. The van der Waals surface area contributed by atoms with Gasteiger partial charge in [0.25, 0.3) is 0 Å². The third kappa shape index (κ3) is 5.54. The molecule has 4 nitrogen and oxygen atoms in total. The summed E-state index contributed by atoms with van der Waals surface area (Å²) in [5.74, 6) is -3.20. The topological polar surface area (TPSA) is 45.2 Å². The van der Waals surface area contributed by atoms with Gasteiger partial charge in [-0.1, -0.05) is 30.3 Å². The van der Waals surface area contributed by atoms with Crippen LogP contribution in [0.4, 0.5) is 13.2 Å². The molecule has 152 valence electrons. The molecule has 0 saturated carbocycles. The minimum atomic E-state index is -4.38. The summed E-state index contributed by atoms with van der Waals surface area (Å²) in [6.45, 7) is 2.67. The Labute approximate surface area is 166 Å². The average Bonchev–Trinajstić information content (AvgIpc) is 3.25. The Morgan fingerprint density at radius 3 is 2.68 bits per heavy atom. The zero-order valence-electron chi connectivity index (χ0n) is 15.7. The number of thiazole rings is 1. The second-order valence-electron chi connectivity index (χ2n) is 7.21. The van der Waals surface area contributed by atoms with Crippen LogP contribution in [-0.4, -0.2) is 41.6 Å². The van der Waals surface area contributed by atoms with Crippen molar-refractivity contribution >= 4 is 17.2 Å². The summed E-state index contributed by atoms with van der Waals surface area (Å²) < 4.78 is 40.4. The van der Waals surface area contributed by atoms with Crippen molar-refractivity contribution in [3.05, 3.63) is 52.0 Å². The molecule has 28 heavy (non-hydrogen) atoms. The lowest BCUT2D eigenvalue weighted by molar-refractivity contribution is -0.183. The fourth-order valence-electron chi connectivity index (χ4n) is 3.55. The van der Waals surface area contributed by atoms with E-state index in [1.54, 1.807) is 16.2 Å². The fraction of sp³-hybridized carbons (Fsp3) is 0.500. The first kappa shape index (κ1) is 20.8. The van der Waals surface area contributed by atoms with Crippen molar-refractivity contribution < 1.29 is 18.0 Å². The number of rotatable bonds is 7. The summed E-state index contributed by atoms with van der Waals surface area (Å²) >= 11 is 1.56. The van der Waals surface area contributed by atoms with Crippen LogP contribution in [0.5, 0.6) is 0 Å². The summed E-state index contributed by atoms with van der Waals surface area (Å²) in [7, 11) is 0. The summed E-state index contributed by atoms with van der Waals surface area (Å²) in [5.41, 5.74) is 1.91. The molecule has 8 heteroatoms. The van der Waals surface area contributed by atoms with Gasteiger partial charge in [0.1, 0.15) is 0 Å². The number of nitrogens with one attached hydrogen (secondary N) is 1. The van der Waals surface area contributed by atoms with E-state index in [2.05, 4.69) is 10.3 Å². The standard InChI is InChI=1S/C20H24F3N3OS/c1-14-13-28-18(25-14)8-5-9-24-19(27)16-11-26(12-17(16)20(21,22)23)10-15-6-3-2-4-7-15/h2-4,6-7,13,16-17H,5,8-12H2,1H3,(H,24,27)/t16-,17-/m1/s1. The van der Waals surface area contributed by atoms with Gasteiger partial charge in [-0.3, -0.25) is 9.69 Å². The SMILES string of the molecule is Cc1csc(CCCNC(=O)[C@@H]2CN(Cc3ccccc3)C[C@H]2C(F)(F)F)n1. The minimum Gasteiger partial charge on any atom is -0.356 e. The van der Waals surface area contributed by atoms with Crippen molar-refractivity contribution in [3.8, 4) is 0 Å². The second-order valence-corrected chi connectivity index (χ2v) is 8.15. The molecule has 1 aromatic carbocycles. The van der Waals surface area contributed by atoms with Crippen molar-refractivity contribution in [2.75, 3.05) is 19.6 Å². The number of halogens is 3. The highest BCUT2D eigenvalue weighted by molar-refractivity contribution is 7.09. The average molecular weight is 411 g/mol. The number of carbonyl (C=O) groups excluding carboxylic acids is 1. The van der Waals surface area contributed by atoms with Crippen LogP contribution in [0.2, 0.25) is 0 Å². The molecule has 2 aromatic rings. The monoisotopic (exact) mass is 411 g/mol. The highest BCUT2D eigenvalue weighted by Gasteiger charge is 2.52. The predicted molar refractivity (Wildman–Crippen MR) is 103 cm³/mol. The Morgan fingerprint density at radius 2 is 2.04 bits per heavy atom. The lowest BCUT2D eigenvalue weighted by Gasteiger charge is -2.20. The minimum absolute atomic E-state index is 0.122. The molecule has 0 radical (unpaired) electrons. The van der Waals surface area contributed by atoms with Gasteiger partial charge in [-0.2, -0.15) is 13.2 Å². The maximum absolute atomic E-state index is 13.5. The summed E-state index contributed by atoms with van der Waals surface area (Å²) in [5, 5.41) is 5.64. The number of aromatic nitrogens is 1. The van der Waals surface area contributed by atoms with Gasteiger partial charge in [-0.15, -0.1) is 11.3 Å². The maximum atomic E-state index is 13.5. The molecule has 3 rings (SSSR count). The molecule has 1 aliphatic rings. The van der Waals surface area contributed by atoms with Crippen molar-refractivity contribution in [1.82, 2.24) is 15.2 Å². The van der Waals surface area contributed by atoms with E-state index in [-0.39, 0.29) is 13.1 Å². The van der Waals surface area contributed by atoms with E-state index in [0.717, 1.165) is 16.3 Å². The van der Waals surface area contributed by atoms with Gasteiger partial charge in [0.2, 0.25) is 5.91 Å². The van der Waals surface area contributed by atoms with Crippen molar-refractivity contribution in [2.24, 2.45) is 11.8 Å². The molecule has 1 aliphatic heterocycles. The second kappa shape index (κ2) is 9.05. The zero-order valence-corrected chi connectivity index (χ0v) is 16.5. The van der Waals surface area contributed by atoms with Crippen LogP contribution in [0.25, 0.3) is 0 Å². The fourth-order valence-corrected chi connectivity index (χ4v) is 4.37. The molecule has 2 heterocycles. The molecule has 1 saturated heterocycles. The van der Waals surface area contributed by atoms with Crippen LogP contribution in [0.3, 0.4) is 0 Å². The molecule has 0 bridgehead atoms. The molecule has 1 aromatic heterocycles. The smallest absolute Gasteiger partial charge is 0.356 e. The van der Waals surface area contributed by atoms with E-state index in [4.69, 9.17) is 0 Å². The molecule has 2 atom stereocenters. The van der Waals surface area contributed by atoms with E-state index in [9.17, 15) is 18.0 Å². The number of hydrogen-bond donors (Lipinski definition) is 1. The van der Waals surface area contributed by atoms with Gasteiger partial charge < -0.3 is 5.32 Å². The Balaban J connectivity index is 1.53.